The number of ketones is 1. The molecule has 0 aliphatic carbocycles. The van der Waals surface area contributed by atoms with Crippen LogP contribution in [-0.2, 0) is 4.79 Å². The normalized spacial score (nSPS) is 18.1. The molecule has 0 saturated heterocycles. The van der Waals surface area contributed by atoms with Crippen LogP contribution in [0.2, 0.25) is 0 Å². The Hall–Kier alpha value is -1.92. The second kappa shape index (κ2) is 7.57. The minimum Gasteiger partial charge on any atom is -0.508 e. The molecular formula is C17H22N2O3S. The maximum absolute atomic E-state index is 12.2. The number of carbonyl (C=O) groups is 1. The highest BCUT2D eigenvalue weighted by Gasteiger charge is 2.33. The fraction of sp³-hybridized carbons (Fsp3) is 0.412. The molecule has 6 heteroatoms. The van der Waals surface area contributed by atoms with Gasteiger partial charge >= 0.3 is 0 Å². The van der Waals surface area contributed by atoms with Gasteiger partial charge in [0.05, 0.1) is 6.04 Å². The molecule has 23 heavy (non-hydrogen) atoms. The van der Waals surface area contributed by atoms with E-state index in [-0.39, 0.29) is 18.1 Å². The number of benzene rings is 1. The molecule has 1 aliphatic rings. The van der Waals surface area contributed by atoms with Crippen molar-refractivity contribution in [2.45, 2.75) is 32.7 Å². The summed E-state index contributed by atoms with van der Waals surface area (Å²) in [7, 11) is 0. The molecular weight excluding hydrogens is 312 g/mol. The lowest BCUT2D eigenvalue weighted by atomic mass is 9.92. The summed E-state index contributed by atoms with van der Waals surface area (Å²) < 4.78 is 0. The lowest BCUT2D eigenvalue weighted by Crippen LogP contribution is -2.47. The minimum atomic E-state index is -0.449. The first-order valence-corrected chi connectivity index (χ1v) is 8.06. The molecule has 5 nitrogen and oxygen atoms in total. The summed E-state index contributed by atoms with van der Waals surface area (Å²) in [5.41, 5.74) is 2.03. The largest absolute Gasteiger partial charge is 0.508 e. The Morgan fingerprint density at radius 2 is 2.04 bits per heavy atom. The van der Waals surface area contributed by atoms with E-state index in [1.165, 1.54) is 6.92 Å². The third-order valence-electron chi connectivity index (χ3n) is 4.01. The van der Waals surface area contributed by atoms with Crippen molar-refractivity contribution in [3.05, 3.63) is 41.1 Å². The van der Waals surface area contributed by atoms with E-state index in [2.05, 4.69) is 5.32 Å². The number of thiocarbonyl (C=S) groups is 1. The number of phenolic OH excluding ortho intramolecular Hbond substituents is 1. The van der Waals surface area contributed by atoms with Crippen LogP contribution in [-0.4, -0.2) is 39.2 Å². The topological polar surface area (TPSA) is 72.8 Å². The molecule has 0 bridgehead atoms. The fourth-order valence-corrected chi connectivity index (χ4v) is 3.20. The maximum atomic E-state index is 12.2. The molecule has 124 valence electrons. The molecule has 3 N–H and O–H groups in total. The lowest BCUT2D eigenvalue weighted by molar-refractivity contribution is -0.114. The van der Waals surface area contributed by atoms with E-state index in [4.69, 9.17) is 17.3 Å². The van der Waals surface area contributed by atoms with Crippen molar-refractivity contribution in [3.8, 4) is 5.75 Å². The molecule has 1 aromatic carbocycles. The maximum Gasteiger partial charge on any atom is 0.173 e. The number of aliphatic hydroxyl groups excluding tert-OH is 1. The molecule has 0 fully saturated rings. The van der Waals surface area contributed by atoms with Crippen LogP contribution in [0.15, 0.2) is 35.5 Å². The SMILES string of the molecule is CC(=O)C1=C(C)N(CCCCO)C(=S)NC1c1ccccc1O. The molecule has 1 heterocycles. The van der Waals surface area contributed by atoms with E-state index in [9.17, 15) is 9.90 Å². The Morgan fingerprint density at radius 1 is 1.35 bits per heavy atom. The number of nitrogens with one attached hydrogen (secondary N) is 1. The second-order valence-corrected chi connectivity index (χ2v) is 5.97. The van der Waals surface area contributed by atoms with Gasteiger partial charge < -0.3 is 20.4 Å². The Balaban J connectivity index is 2.41. The van der Waals surface area contributed by atoms with Crippen molar-refractivity contribution < 1.29 is 15.0 Å². The van der Waals surface area contributed by atoms with E-state index in [0.717, 1.165) is 12.1 Å². The number of para-hydroxylation sites is 1. The summed E-state index contributed by atoms with van der Waals surface area (Å²) in [5.74, 6) is 0.0750. The van der Waals surface area contributed by atoms with Gasteiger partial charge in [-0.25, -0.2) is 0 Å². The van der Waals surface area contributed by atoms with E-state index in [1.54, 1.807) is 18.2 Å². The van der Waals surface area contributed by atoms with E-state index in [0.29, 0.717) is 29.2 Å². The zero-order chi connectivity index (χ0) is 17.0. The molecule has 1 aliphatic heterocycles. The number of aromatic hydroxyl groups is 1. The first-order chi connectivity index (χ1) is 11.0. The number of nitrogens with zero attached hydrogens (tertiary/aromatic N) is 1. The van der Waals surface area contributed by atoms with Crippen LogP contribution in [0.3, 0.4) is 0 Å². The summed E-state index contributed by atoms with van der Waals surface area (Å²) in [6.07, 6.45) is 1.47. The summed E-state index contributed by atoms with van der Waals surface area (Å²) >= 11 is 5.44. The van der Waals surface area contributed by atoms with Gasteiger partial charge in [-0.1, -0.05) is 18.2 Å². The van der Waals surface area contributed by atoms with Crippen molar-refractivity contribution in [3.63, 3.8) is 0 Å². The van der Waals surface area contributed by atoms with Crippen LogP contribution in [0, 0.1) is 0 Å². The van der Waals surface area contributed by atoms with E-state index < -0.39 is 6.04 Å². The van der Waals surface area contributed by atoms with Gasteiger partial charge in [0, 0.05) is 30.0 Å². The number of aliphatic hydroxyl groups is 1. The van der Waals surface area contributed by atoms with Crippen LogP contribution < -0.4 is 5.32 Å². The average Bonchev–Trinajstić information content (AvgIpc) is 2.50. The smallest absolute Gasteiger partial charge is 0.173 e. The number of allylic oxidation sites excluding steroid dienone is 1. The molecule has 0 radical (unpaired) electrons. The van der Waals surface area contributed by atoms with Crippen LogP contribution in [0.4, 0.5) is 0 Å². The molecule has 0 aromatic heterocycles. The Morgan fingerprint density at radius 3 is 2.65 bits per heavy atom. The number of hydrogen-bond acceptors (Lipinski definition) is 4. The number of carbonyl (C=O) groups excluding carboxylic acids is 1. The van der Waals surface area contributed by atoms with Gasteiger partial charge in [0.2, 0.25) is 0 Å². The third-order valence-corrected chi connectivity index (χ3v) is 4.35. The standard InChI is InChI=1S/C17H22N2O3S/c1-11-15(12(2)21)16(13-7-3-4-8-14(13)22)18-17(23)19(11)9-5-6-10-20/h3-4,7-8,16,20,22H,5-6,9-10H2,1-2H3,(H,18,23). The van der Waals surface area contributed by atoms with Crippen molar-refractivity contribution in [2.24, 2.45) is 0 Å². The average molecular weight is 334 g/mol. The van der Waals surface area contributed by atoms with Gasteiger partial charge in [0.25, 0.3) is 0 Å². The first-order valence-electron chi connectivity index (χ1n) is 7.65. The summed E-state index contributed by atoms with van der Waals surface area (Å²) in [5, 5.41) is 22.7. The van der Waals surface area contributed by atoms with E-state index >= 15 is 0 Å². The predicted molar refractivity (Wildman–Crippen MR) is 93.0 cm³/mol. The first kappa shape index (κ1) is 17.4. The van der Waals surface area contributed by atoms with Crippen molar-refractivity contribution >= 4 is 23.1 Å². The highest BCUT2D eigenvalue weighted by molar-refractivity contribution is 7.80. The molecule has 1 aromatic rings. The Labute approximate surface area is 141 Å². The second-order valence-electron chi connectivity index (χ2n) is 5.58. The van der Waals surface area contributed by atoms with Crippen LogP contribution in [0.5, 0.6) is 5.75 Å². The molecule has 2 rings (SSSR count). The molecule has 0 amide bonds. The summed E-state index contributed by atoms with van der Waals surface area (Å²) in [6.45, 7) is 4.17. The zero-order valence-electron chi connectivity index (χ0n) is 13.4. The van der Waals surface area contributed by atoms with Gasteiger partial charge in [0.1, 0.15) is 5.75 Å². The Bertz CT molecular complexity index is 642. The zero-order valence-corrected chi connectivity index (χ0v) is 14.2. The minimum absolute atomic E-state index is 0.0575. The van der Waals surface area contributed by atoms with Crippen LogP contribution >= 0.6 is 12.2 Å². The number of phenols is 1. The van der Waals surface area contributed by atoms with E-state index in [1.807, 2.05) is 17.9 Å². The van der Waals surface area contributed by atoms with Crippen LogP contribution in [0.1, 0.15) is 38.3 Å². The number of unbranched alkanes of at least 4 members (excludes halogenated alkanes) is 1. The highest BCUT2D eigenvalue weighted by Crippen LogP contribution is 2.35. The quantitative estimate of drug-likeness (QED) is 0.547. The third kappa shape index (κ3) is 3.71. The van der Waals surface area contributed by atoms with Crippen molar-refractivity contribution in [1.82, 2.24) is 10.2 Å². The summed E-state index contributed by atoms with van der Waals surface area (Å²) in [4.78, 5) is 14.1. The molecule has 0 saturated carbocycles. The number of rotatable bonds is 6. The molecule has 0 spiro atoms. The molecule has 1 unspecified atom stereocenters. The van der Waals surface area contributed by atoms with Gasteiger partial charge in [-0.05, 0) is 45.0 Å². The van der Waals surface area contributed by atoms with Crippen LogP contribution in [0.25, 0.3) is 0 Å². The van der Waals surface area contributed by atoms with Gasteiger partial charge in [-0.3, -0.25) is 4.79 Å². The molecule has 1 atom stereocenters. The monoisotopic (exact) mass is 334 g/mol. The Kier molecular flexibility index (Phi) is 5.74. The van der Waals surface area contributed by atoms with Crippen molar-refractivity contribution in [1.29, 1.82) is 0 Å². The van der Waals surface area contributed by atoms with Gasteiger partial charge in [-0.2, -0.15) is 0 Å². The lowest BCUT2D eigenvalue weighted by Gasteiger charge is -2.38. The predicted octanol–water partition coefficient (Wildman–Crippen LogP) is 2.26. The highest BCUT2D eigenvalue weighted by atomic mass is 32.1. The number of hydrogen-bond donors (Lipinski definition) is 3. The van der Waals surface area contributed by atoms with Crippen molar-refractivity contribution in [2.75, 3.05) is 13.2 Å². The number of Topliss-reactive ketones (excluding diaryl/α,β-unsaturated/α-hetero) is 1. The van der Waals surface area contributed by atoms with Gasteiger partial charge in [-0.15, -0.1) is 0 Å². The summed E-state index contributed by atoms with van der Waals surface area (Å²) in [6, 6.07) is 6.50. The van der Waals surface area contributed by atoms with Gasteiger partial charge in [0.15, 0.2) is 10.9 Å². The fourth-order valence-electron chi connectivity index (χ4n) is 2.85.